The molecule has 0 aliphatic carbocycles. The molecular formula is C24H27NO9. The lowest BCUT2D eigenvalue weighted by Crippen LogP contribution is -2.67. The molecule has 1 aliphatic heterocycles. The number of nitrogens with one attached hydrogen (secondary N) is 1. The molecule has 2 aromatic rings. The summed E-state index contributed by atoms with van der Waals surface area (Å²) in [7, 11) is 0. The first kappa shape index (κ1) is 25.0. The quantitative estimate of drug-likeness (QED) is 0.474. The van der Waals surface area contributed by atoms with E-state index < -0.39 is 54.5 Å². The van der Waals surface area contributed by atoms with Crippen molar-refractivity contribution >= 4 is 34.6 Å². The highest BCUT2D eigenvalue weighted by atomic mass is 16.7. The maximum atomic E-state index is 12.0. The van der Waals surface area contributed by atoms with Crippen LogP contribution < -0.4 is 10.1 Å². The van der Waals surface area contributed by atoms with Crippen LogP contribution in [-0.2, 0) is 38.1 Å². The minimum absolute atomic E-state index is 0.298. The van der Waals surface area contributed by atoms with Crippen molar-refractivity contribution in [3.05, 3.63) is 42.5 Å². The predicted molar refractivity (Wildman–Crippen MR) is 119 cm³/mol. The van der Waals surface area contributed by atoms with Crippen LogP contribution in [0.15, 0.2) is 42.5 Å². The van der Waals surface area contributed by atoms with E-state index in [1.807, 2.05) is 30.3 Å². The van der Waals surface area contributed by atoms with Crippen LogP contribution in [0.3, 0.4) is 0 Å². The van der Waals surface area contributed by atoms with E-state index in [0.717, 1.165) is 10.8 Å². The zero-order chi connectivity index (χ0) is 24.8. The van der Waals surface area contributed by atoms with Gasteiger partial charge in [0.05, 0.1) is 0 Å². The van der Waals surface area contributed by atoms with Gasteiger partial charge in [-0.2, -0.15) is 0 Å². The fourth-order valence-electron chi connectivity index (χ4n) is 3.81. The number of rotatable bonds is 7. The van der Waals surface area contributed by atoms with E-state index in [4.69, 9.17) is 23.7 Å². The third-order valence-corrected chi connectivity index (χ3v) is 5.06. The van der Waals surface area contributed by atoms with E-state index in [1.54, 1.807) is 12.1 Å². The molecule has 182 valence electrons. The largest absolute Gasteiger partial charge is 0.463 e. The molecule has 0 radical (unpaired) electrons. The van der Waals surface area contributed by atoms with E-state index in [0.29, 0.717) is 5.75 Å². The lowest BCUT2D eigenvalue weighted by Gasteiger charge is -2.44. The van der Waals surface area contributed by atoms with Crippen molar-refractivity contribution in [1.29, 1.82) is 0 Å². The van der Waals surface area contributed by atoms with Crippen molar-refractivity contribution in [3.63, 3.8) is 0 Å². The molecule has 1 saturated heterocycles. The highest BCUT2D eigenvalue weighted by molar-refractivity contribution is 5.88. The summed E-state index contributed by atoms with van der Waals surface area (Å²) < 4.78 is 28.2. The molecule has 1 fully saturated rings. The summed E-state index contributed by atoms with van der Waals surface area (Å²) in [6.45, 7) is 4.57. The van der Waals surface area contributed by atoms with Gasteiger partial charge in [-0.3, -0.25) is 19.2 Å². The van der Waals surface area contributed by atoms with Crippen molar-refractivity contribution in [1.82, 2.24) is 5.32 Å². The molecule has 34 heavy (non-hydrogen) atoms. The number of carbonyl (C=O) groups excluding carboxylic acids is 4. The molecule has 10 nitrogen and oxygen atoms in total. The zero-order valence-electron chi connectivity index (χ0n) is 19.3. The van der Waals surface area contributed by atoms with Gasteiger partial charge >= 0.3 is 17.9 Å². The number of benzene rings is 2. The number of hydrogen-bond acceptors (Lipinski definition) is 9. The number of amides is 1. The summed E-state index contributed by atoms with van der Waals surface area (Å²) in [6.07, 6.45) is -4.57. The van der Waals surface area contributed by atoms with Gasteiger partial charge in [-0.15, -0.1) is 0 Å². The lowest BCUT2D eigenvalue weighted by atomic mass is 9.96. The minimum atomic E-state index is -1.18. The molecule has 1 aliphatic rings. The SMILES string of the molecule is CC(=O)N[C@@H]1[C@H](Oc2cccc3ccccc23)O[C@H](COC(C)=O)[C@@H](OC(C)=O)[C@H]1OC(C)=O. The Morgan fingerprint density at radius 2 is 1.50 bits per heavy atom. The van der Waals surface area contributed by atoms with Gasteiger partial charge in [-0.25, -0.2) is 0 Å². The first-order valence-corrected chi connectivity index (χ1v) is 10.7. The van der Waals surface area contributed by atoms with Gasteiger partial charge in [-0.1, -0.05) is 36.4 Å². The maximum absolute atomic E-state index is 12.0. The first-order valence-electron chi connectivity index (χ1n) is 10.7. The molecule has 0 bridgehead atoms. The van der Waals surface area contributed by atoms with Crippen molar-refractivity contribution in [3.8, 4) is 5.75 Å². The number of carbonyl (C=O) groups is 4. The van der Waals surface area contributed by atoms with Crippen LogP contribution in [0, 0.1) is 0 Å². The normalized spacial score (nSPS) is 24.1. The summed E-state index contributed by atoms with van der Waals surface area (Å²) in [5.41, 5.74) is 0. The van der Waals surface area contributed by atoms with Gasteiger partial charge in [0.25, 0.3) is 0 Å². The van der Waals surface area contributed by atoms with Gasteiger partial charge < -0.3 is 29.0 Å². The van der Waals surface area contributed by atoms with Crippen molar-refractivity contribution in [2.24, 2.45) is 0 Å². The molecule has 0 spiro atoms. The predicted octanol–water partition coefficient (Wildman–Crippen LogP) is 1.87. The third kappa shape index (κ3) is 6.22. The third-order valence-electron chi connectivity index (χ3n) is 5.06. The average molecular weight is 473 g/mol. The second kappa shape index (κ2) is 11.0. The standard InChI is InChI=1S/C24H27NO9/c1-13(26)25-21-23(32-16(4)29)22(31-15(3)28)20(12-30-14(2)27)34-24(21)33-19-11-7-9-17-8-5-6-10-18(17)19/h5-11,20-24H,12H2,1-4H3,(H,25,26)/t20-,21+,22-,23+,24-/m1/s1. The van der Waals surface area contributed by atoms with Crippen LogP contribution in [0.5, 0.6) is 5.75 Å². The van der Waals surface area contributed by atoms with E-state index in [9.17, 15) is 19.2 Å². The van der Waals surface area contributed by atoms with Gasteiger partial charge in [0.1, 0.15) is 24.5 Å². The van der Waals surface area contributed by atoms with Crippen LogP contribution in [-0.4, -0.2) is 61.1 Å². The van der Waals surface area contributed by atoms with Crippen molar-refractivity contribution in [2.45, 2.75) is 58.3 Å². The van der Waals surface area contributed by atoms with Crippen molar-refractivity contribution < 1.29 is 42.9 Å². The van der Waals surface area contributed by atoms with E-state index in [2.05, 4.69) is 5.32 Å². The fraction of sp³-hybridized carbons (Fsp3) is 0.417. The summed E-state index contributed by atoms with van der Waals surface area (Å²) >= 11 is 0. The van der Waals surface area contributed by atoms with Gasteiger partial charge in [0.2, 0.25) is 12.2 Å². The summed E-state index contributed by atoms with van der Waals surface area (Å²) in [6, 6.07) is 11.9. The van der Waals surface area contributed by atoms with Crippen LogP contribution in [0.2, 0.25) is 0 Å². The Kier molecular flexibility index (Phi) is 8.06. The molecule has 0 saturated carbocycles. The fourth-order valence-corrected chi connectivity index (χ4v) is 3.81. The molecule has 1 heterocycles. The highest BCUT2D eigenvalue weighted by Gasteiger charge is 2.52. The molecule has 0 aromatic heterocycles. The lowest BCUT2D eigenvalue weighted by molar-refractivity contribution is -0.256. The monoisotopic (exact) mass is 473 g/mol. The van der Waals surface area contributed by atoms with E-state index in [-0.39, 0.29) is 6.61 Å². The van der Waals surface area contributed by atoms with Crippen LogP contribution in [0.4, 0.5) is 0 Å². The maximum Gasteiger partial charge on any atom is 0.303 e. The summed E-state index contributed by atoms with van der Waals surface area (Å²) in [5, 5.41) is 4.38. The van der Waals surface area contributed by atoms with Crippen LogP contribution in [0.1, 0.15) is 27.7 Å². The zero-order valence-corrected chi connectivity index (χ0v) is 19.3. The highest BCUT2D eigenvalue weighted by Crippen LogP contribution is 2.32. The van der Waals surface area contributed by atoms with Crippen LogP contribution >= 0.6 is 0 Å². The van der Waals surface area contributed by atoms with Gasteiger partial charge in [-0.05, 0) is 11.5 Å². The number of esters is 3. The first-order chi connectivity index (χ1) is 16.2. The Balaban J connectivity index is 2.03. The molecule has 2 aromatic carbocycles. The summed E-state index contributed by atoms with van der Waals surface area (Å²) in [5.74, 6) is -1.91. The smallest absolute Gasteiger partial charge is 0.303 e. The molecule has 0 unspecified atom stereocenters. The van der Waals surface area contributed by atoms with Gasteiger partial charge in [0, 0.05) is 33.1 Å². The molecule has 3 rings (SSSR count). The topological polar surface area (TPSA) is 126 Å². The van der Waals surface area contributed by atoms with Crippen LogP contribution in [0.25, 0.3) is 10.8 Å². The Morgan fingerprint density at radius 3 is 2.15 bits per heavy atom. The Hall–Kier alpha value is -3.66. The Labute approximate surface area is 196 Å². The minimum Gasteiger partial charge on any atom is -0.463 e. The molecular weight excluding hydrogens is 446 g/mol. The number of fused-ring (bicyclic) bond motifs is 1. The van der Waals surface area contributed by atoms with Gasteiger partial charge in [0.15, 0.2) is 12.2 Å². The second-order valence-corrected chi connectivity index (χ2v) is 7.82. The van der Waals surface area contributed by atoms with E-state index >= 15 is 0 Å². The second-order valence-electron chi connectivity index (χ2n) is 7.82. The van der Waals surface area contributed by atoms with Crippen molar-refractivity contribution in [2.75, 3.05) is 6.61 Å². The summed E-state index contributed by atoms with van der Waals surface area (Å²) in [4.78, 5) is 47.3. The molecule has 1 amide bonds. The Morgan fingerprint density at radius 1 is 0.853 bits per heavy atom. The molecule has 10 heteroatoms. The van der Waals surface area contributed by atoms with E-state index in [1.165, 1.54) is 27.7 Å². The number of ether oxygens (including phenoxy) is 5. The average Bonchev–Trinajstić information content (AvgIpc) is 2.75. The molecule has 5 atom stereocenters. The Bertz CT molecular complexity index is 1060. The molecule has 1 N–H and O–H groups in total. The number of hydrogen-bond donors (Lipinski definition) is 1.